The quantitative estimate of drug-likeness (QED) is 0.861. The summed E-state index contributed by atoms with van der Waals surface area (Å²) in [5, 5.41) is 3.79. The molecule has 1 atom stereocenters. The fraction of sp³-hybridized carbons (Fsp3) is 0.333. The molecule has 98 valence electrons. The van der Waals surface area contributed by atoms with E-state index in [0.717, 1.165) is 0 Å². The van der Waals surface area contributed by atoms with Crippen molar-refractivity contribution in [2.75, 3.05) is 0 Å². The molecule has 1 nitrogen and oxygen atoms in total. The van der Waals surface area contributed by atoms with Crippen molar-refractivity contribution in [2.24, 2.45) is 0 Å². The first-order chi connectivity index (χ1) is 9.24. The normalized spacial score (nSPS) is 16.3. The Labute approximate surface area is 115 Å². The summed E-state index contributed by atoms with van der Waals surface area (Å²) in [6, 6.07) is 18.6. The van der Waals surface area contributed by atoms with Crippen molar-refractivity contribution in [2.45, 2.75) is 38.8 Å². The summed E-state index contributed by atoms with van der Waals surface area (Å²) in [6.07, 6.45) is 2.63. The Hall–Kier alpha value is -1.60. The molecule has 1 saturated carbocycles. The number of nitrogens with one attached hydrogen (secondary N) is 1. The van der Waals surface area contributed by atoms with E-state index in [1.165, 1.54) is 35.1 Å². The molecule has 1 fully saturated rings. The molecular weight excluding hydrogens is 230 g/mol. The summed E-state index contributed by atoms with van der Waals surface area (Å²) in [4.78, 5) is 0. The molecular formula is C18H21N. The van der Waals surface area contributed by atoms with Gasteiger partial charge in [-0.05, 0) is 43.4 Å². The predicted octanol–water partition coefficient (Wildman–Crippen LogP) is 4.14. The van der Waals surface area contributed by atoms with Crippen molar-refractivity contribution < 1.29 is 0 Å². The topological polar surface area (TPSA) is 12.0 Å². The summed E-state index contributed by atoms with van der Waals surface area (Å²) >= 11 is 0. The maximum atomic E-state index is 3.79. The Kier molecular flexibility index (Phi) is 3.39. The molecule has 1 unspecified atom stereocenters. The van der Waals surface area contributed by atoms with Gasteiger partial charge in [-0.3, -0.25) is 0 Å². The minimum atomic E-state index is 0.327. The summed E-state index contributed by atoms with van der Waals surface area (Å²) in [5.41, 5.74) is 5.48. The second-order valence-electron chi connectivity index (χ2n) is 5.64. The molecule has 3 rings (SSSR count). The number of hydrogen-bond donors (Lipinski definition) is 1. The summed E-state index contributed by atoms with van der Waals surface area (Å²) in [5.74, 6) is 0. The van der Waals surface area contributed by atoms with Crippen LogP contribution in [0.3, 0.4) is 0 Å². The fourth-order valence-electron chi connectivity index (χ4n) is 2.57. The van der Waals surface area contributed by atoms with Crippen LogP contribution in [0.25, 0.3) is 0 Å². The second kappa shape index (κ2) is 5.18. The van der Waals surface area contributed by atoms with Gasteiger partial charge in [-0.2, -0.15) is 0 Å². The van der Waals surface area contributed by atoms with Crippen LogP contribution < -0.4 is 5.32 Å². The molecule has 0 saturated heterocycles. The predicted molar refractivity (Wildman–Crippen MR) is 80.4 cm³/mol. The zero-order valence-electron chi connectivity index (χ0n) is 11.7. The molecule has 0 aliphatic heterocycles. The molecule has 0 amide bonds. The Morgan fingerprint density at radius 2 is 1.74 bits per heavy atom. The van der Waals surface area contributed by atoms with Gasteiger partial charge in [-0.25, -0.2) is 0 Å². The van der Waals surface area contributed by atoms with Crippen LogP contribution in [0.2, 0.25) is 0 Å². The SMILES string of the molecule is Cc1ccc(C)c(C(NC2CC2)c2ccccc2)c1. The summed E-state index contributed by atoms with van der Waals surface area (Å²) < 4.78 is 0. The van der Waals surface area contributed by atoms with Crippen LogP contribution in [0, 0.1) is 13.8 Å². The molecule has 1 aliphatic carbocycles. The average molecular weight is 251 g/mol. The third-order valence-corrected chi connectivity index (χ3v) is 3.86. The standard InChI is InChI=1S/C18H21N/c1-13-8-9-14(2)17(12-13)18(19-16-10-11-16)15-6-4-3-5-7-15/h3-9,12,16,18-19H,10-11H2,1-2H3. The van der Waals surface area contributed by atoms with E-state index in [2.05, 4.69) is 67.7 Å². The lowest BCUT2D eigenvalue weighted by molar-refractivity contribution is 0.598. The number of benzene rings is 2. The molecule has 2 aromatic carbocycles. The van der Waals surface area contributed by atoms with E-state index < -0.39 is 0 Å². The molecule has 19 heavy (non-hydrogen) atoms. The molecule has 1 aliphatic rings. The monoisotopic (exact) mass is 251 g/mol. The maximum Gasteiger partial charge on any atom is 0.0581 e. The van der Waals surface area contributed by atoms with Crippen LogP contribution in [-0.2, 0) is 0 Å². The van der Waals surface area contributed by atoms with Gasteiger partial charge in [0.1, 0.15) is 0 Å². The van der Waals surface area contributed by atoms with Crippen LogP contribution in [0.4, 0.5) is 0 Å². The summed E-state index contributed by atoms with van der Waals surface area (Å²) in [7, 11) is 0. The van der Waals surface area contributed by atoms with Gasteiger partial charge in [-0.15, -0.1) is 0 Å². The van der Waals surface area contributed by atoms with Crippen molar-refractivity contribution >= 4 is 0 Å². The highest BCUT2D eigenvalue weighted by molar-refractivity contribution is 5.39. The van der Waals surface area contributed by atoms with Gasteiger partial charge < -0.3 is 5.32 Å². The van der Waals surface area contributed by atoms with E-state index >= 15 is 0 Å². The van der Waals surface area contributed by atoms with Crippen LogP contribution in [-0.4, -0.2) is 6.04 Å². The highest BCUT2D eigenvalue weighted by atomic mass is 15.0. The van der Waals surface area contributed by atoms with Gasteiger partial charge in [0.25, 0.3) is 0 Å². The van der Waals surface area contributed by atoms with Crippen molar-refractivity contribution in [1.82, 2.24) is 5.32 Å². The lowest BCUT2D eigenvalue weighted by Crippen LogP contribution is -2.25. The molecule has 0 aromatic heterocycles. The first kappa shape index (κ1) is 12.4. The van der Waals surface area contributed by atoms with Gasteiger partial charge in [0.05, 0.1) is 6.04 Å². The van der Waals surface area contributed by atoms with Crippen LogP contribution in [0.15, 0.2) is 48.5 Å². The van der Waals surface area contributed by atoms with Crippen molar-refractivity contribution in [3.63, 3.8) is 0 Å². The van der Waals surface area contributed by atoms with E-state index in [-0.39, 0.29) is 0 Å². The molecule has 1 N–H and O–H groups in total. The molecule has 1 heteroatoms. The fourth-order valence-corrected chi connectivity index (χ4v) is 2.57. The van der Waals surface area contributed by atoms with Gasteiger partial charge in [0.2, 0.25) is 0 Å². The smallest absolute Gasteiger partial charge is 0.0581 e. The van der Waals surface area contributed by atoms with E-state index in [9.17, 15) is 0 Å². The number of aryl methyl sites for hydroxylation is 2. The number of rotatable bonds is 4. The second-order valence-corrected chi connectivity index (χ2v) is 5.64. The largest absolute Gasteiger partial charge is 0.303 e. The van der Waals surface area contributed by atoms with Crippen molar-refractivity contribution in [3.8, 4) is 0 Å². The zero-order valence-corrected chi connectivity index (χ0v) is 11.7. The van der Waals surface area contributed by atoms with E-state index in [1.54, 1.807) is 0 Å². The van der Waals surface area contributed by atoms with E-state index in [4.69, 9.17) is 0 Å². The van der Waals surface area contributed by atoms with Crippen molar-refractivity contribution in [1.29, 1.82) is 0 Å². The van der Waals surface area contributed by atoms with E-state index in [1.807, 2.05) is 0 Å². The number of hydrogen-bond acceptors (Lipinski definition) is 1. The molecule has 0 bridgehead atoms. The Balaban J connectivity index is 2.00. The lowest BCUT2D eigenvalue weighted by atomic mass is 9.93. The zero-order chi connectivity index (χ0) is 13.2. The van der Waals surface area contributed by atoms with Crippen LogP contribution in [0.1, 0.15) is 41.1 Å². The van der Waals surface area contributed by atoms with Gasteiger partial charge in [0, 0.05) is 6.04 Å². The molecule has 0 heterocycles. The average Bonchev–Trinajstić information content (AvgIpc) is 3.24. The maximum absolute atomic E-state index is 3.79. The van der Waals surface area contributed by atoms with Crippen LogP contribution >= 0.6 is 0 Å². The Morgan fingerprint density at radius 3 is 2.42 bits per heavy atom. The van der Waals surface area contributed by atoms with Gasteiger partial charge >= 0.3 is 0 Å². The highest BCUT2D eigenvalue weighted by Gasteiger charge is 2.26. The minimum Gasteiger partial charge on any atom is -0.303 e. The third-order valence-electron chi connectivity index (χ3n) is 3.86. The first-order valence-corrected chi connectivity index (χ1v) is 7.12. The minimum absolute atomic E-state index is 0.327. The van der Waals surface area contributed by atoms with Crippen LogP contribution in [0.5, 0.6) is 0 Å². The van der Waals surface area contributed by atoms with Gasteiger partial charge in [0.15, 0.2) is 0 Å². The van der Waals surface area contributed by atoms with Crippen molar-refractivity contribution in [3.05, 3.63) is 70.8 Å². The molecule has 0 spiro atoms. The highest BCUT2D eigenvalue weighted by Crippen LogP contribution is 2.30. The molecule has 0 radical (unpaired) electrons. The summed E-state index contributed by atoms with van der Waals surface area (Å²) in [6.45, 7) is 4.38. The van der Waals surface area contributed by atoms with E-state index in [0.29, 0.717) is 12.1 Å². The molecule has 2 aromatic rings. The lowest BCUT2D eigenvalue weighted by Gasteiger charge is -2.22. The van der Waals surface area contributed by atoms with Gasteiger partial charge in [-0.1, -0.05) is 54.1 Å². The first-order valence-electron chi connectivity index (χ1n) is 7.12. The Bertz CT molecular complexity index is 555. The Morgan fingerprint density at radius 1 is 1.00 bits per heavy atom. The third kappa shape index (κ3) is 2.87.